The van der Waals surface area contributed by atoms with Crippen LogP contribution in [-0.4, -0.2) is 28.6 Å². The van der Waals surface area contributed by atoms with E-state index < -0.39 is 28.4 Å². The quantitative estimate of drug-likeness (QED) is 0.547. The van der Waals surface area contributed by atoms with E-state index in [9.17, 15) is 24.1 Å². The molecule has 21 heavy (non-hydrogen) atoms. The highest BCUT2D eigenvalue weighted by Gasteiger charge is 2.13. The SMILES string of the molecule is CC(CNC(=O)Nc1cc(F)cc([N+](=O)[O-])c1)CC(=O)O. The number of non-ortho nitro benzene ring substituents is 1. The maximum Gasteiger partial charge on any atom is 0.319 e. The first kappa shape index (κ1) is 16.3. The van der Waals surface area contributed by atoms with E-state index in [4.69, 9.17) is 5.11 Å². The minimum Gasteiger partial charge on any atom is -0.481 e. The Morgan fingerprint density at radius 3 is 2.67 bits per heavy atom. The van der Waals surface area contributed by atoms with Gasteiger partial charge in [0.15, 0.2) is 0 Å². The smallest absolute Gasteiger partial charge is 0.319 e. The van der Waals surface area contributed by atoms with Crippen molar-refractivity contribution >= 4 is 23.4 Å². The van der Waals surface area contributed by atoms with Crippen LogP contribution in [0.4, 0.5) is 20.6 Å². The number of nitrogens with one attached hydrogen (secondary N) is 2. The van der Waals surface area contributed by atoms with E-state index in [0.717, 1.165) is 18.2 Å². The first-order valence-electron chi connectivity index (χ1n) is 5.99. The molecule has 3 N–H and O–H groups in total. The molecule has 0 aliphatic rings. The Labute approximate surface area is 119 Å². The second kappa shape index (κ2) is 7.17. The molecule has 1 rings (SSSR count). The number of benzene rings is 1. The van der Waals surface area contributed by atoms with Crippen molar-refractivity contribution in [2.24, 2.45) is 5.92 Å². The third-order valence-electron chi connectivity index (χ3n) is 2.49. The molecule has 1 atom stereocenters. The lowest BCUT2D eigenvalue weighted by Gasteiger charge is -2.11. The summed E-state index contributed by atoms with van der Waals surface area (Å²) in [4.78, 5) is 31.8. The number of amides is 2. The van der Waals surface area contributed by atoms with Crippen molar-refractivity contribution in [3.05, 3.63) is 34.1 Å². The highest BCUT2D eigenvalue weighted by Crippen LogP contribution is 2.19. The molecular formula is C12H14FN3O5. The first-order valence-corrected chi connectivity index (χ1v) is 5.99. The van der Waals surface area contributed by atoms with Crippen molar-refractivity contribution in [2.45, 2.75) is 13.3 Å². The van der Waals surface area contributed by atoms with Crippen LogP contribution < -0.4 is 10.6 Å². The number of hydrogen-bond donors (Lipinski definition) is 3. The minimum atomic E-state index is -0.981. The number of rotatable bonds is 6. The number of carbonyl (C=O) groups is 2. The molecule has 2 amide bonds. The number of nitro benzene ring substituents is 1. The van der Waals surface area contributed by atoms with E-state index in [1.807, 2.05) is 0 Å². The molecule has 1 aromatic carbocycles. The van der Waals surface area contributed by atoms with E-state index in [2.05, 4.69) is 10.6 Å². The Morgan fingerprint density at radius 1 is 1.43 bits per heavy atom. The summed E-state index contributed by atoms with van der Waals surface area (Å²) in [7, 11) is 0. The van der Waals surface area contributed by atoms with Crippen LogP contribution in [0.15, 0.2) is 18.2 Å². The number of urea groups is 1. The summed E-state index contributed by atoms with van der Waals surface area (Å²) < 4.78 is 13.2. The Hall–Kier alpha value is -2.71. The number of halogens is 1. The molecule has 1 aromatic rings. The second-order valence-electron chi connectivity index (χ2n) is 4.49. The molecule has 9 heteroatoms. The van der Waals surface area contributed by atoms with Crippen LogP contribution in [0.1, 0.15) is 13.3 Å². The third-order valence-corrected chi connectivity index (χ3v) is 2.49. The summed E-state index contributed by atoms with van der Waals surface area (Å²) in [5.41, 5.74) is -0.547. The van der Waals surface area contributed by atoms with Gasteiger partial charge in [-0.2, -0.15) is 0 Å². The number of nitro groups is 1. The second-order valence-corrected chi connectivity index (χ2v) is 4.49. The van der Waals surface area contributed by atoms with Gasteiger partial charge >= 0.3 is 12.0 Å². The van der Waals surface area contributed by atoms with Crippen LogP contribution in [-0.2, 0) is 4.79 Å². The normalized spacial score (nSPS) is 11.5. The van der Waals surface area contributed by atoms with Gasteiger partial charge in [0.2, 0.25) is 0 Å². The number of anilines is 1. The highest BCUT2D eigenvalue weighted by molar-refractivity contribution is 5.89. The summed E-state index contributed by atoms with van der Waals surface area (Å²) in [5.74, 6) is -2.11. The number of nitrogens with zero attached hydrogens (tertiary/aromatic N) is 1. The van der Waals surface area contributed by atoms with Gasteiger partial charge in [-0.3, -0.25) is 14.9 Å². The molecule has 0 heterocycles. The lowest BCUT2D eigenvalue weighted by molar-refractivity contribution is -0.385. The van der Waals surface area contributed by atoms with Crippen molar-refractivity contribution in [2.75, 3.05) is 11.9 Å². The van der Waals surface area contributed by atoms with Crippen LogP contribution in [0.2, 0.25) is 0 Å². The third kappa shape index (κ3) is 5.85. The summed E-state index contributed by atoms with van der Waals surface area (Å²) in [6.07, 6.45) is -0.105. The number of carboxylic acids is 1. The van der Waals surface area contributed by atoms with Gasteiger partial charge in [0.05, 0.1) is 16.7 Å². The topological polar surface area (TPSA) is 122 Å². The van der Waals surface area contributed by atoms with Gasteiger partial charge in [0, 0.05) is 19.0 Å². The molecule has 0 aliphatic carbocycles. The summed E-state index contributed by atoms with van der Waals surface area (Å²) in [5, 5.41) is 23.8. The monoisotopic (exact) mass is 299 g/mol. The molecule has 0 spiro atoms. The van der Waals surface area contributed by atoms with Gasteiger partial charge in [-0.15, -0.1) is 0 Å². The van der Waals surface area contributed by atoms with Crippen LogP contribution in [0, 0.1) is 21.8 Å². The fourth-order valence-corrected chi connectivity index (χ4v) is 1.56. The molecule has 0 radical (unpaired) electrons. The van der Waals surface area contributed by atoms with Gasteiger partial charge in [-0.1, -0.05) is 6.92 Å². The van der Waals surface area contributed by atoms with E-state index in [0.29, 0.717) is 0 Å². The molecule has 8 nitrogen and oxygen atoms in total. The van der Waals surface area contributed by atoms with Crippen molar-refractivity contribution in [1.29, 1.82) is 0 Å². The Balaban J connectivity index is 2.59. The van der Waals surface area contributed by atoms with Crippen molar-refractivity contribution < 1.29 is 24.0 Å². The zero-order valence-electron chi connectivity index (χ0n) is 11.1. The van der Waals surface area contributed by atoms with Gasteiger partial charge in [0.1, 0.15) is 5.82 Å². The number of aliphatic carboxylic acids is 1. The van der Waals surface area contributed by atoms with Gasteiger partial charge in [-0.25, -0.2) is 9.18 Å². The standard InChI is InChI=1S/C12H14FN3O5/c1-7(2-11(17)18)6-14-12(19)15-9-3-8(13)4-10(5-9)16(20)21/h3-5,7H,2,6H2,1H3,(H,17,18)(H2,14,15,19). The first-order chi connectivity index (χ1) is 9.77. The molecule has 1 unspecified atom stereocenters. The van der Waals surface area contributed by atoms with Crippen LogP contribution in [0.3, 0.4) is 0 Å². The predicted molar refractivity (Wildman–Crippen MR) is 71.5 cm³/mol. The van der Waals surface area contributed by atoms with Gasteiger partial charge in [-0.05, 0) is 12.0 Å². The number of carbonyl (C=O) groups excluding carboxylic acids is 1. The molecule has 0 saturated heterocycles. The Bertz CT molecular complexity index is 564. The van der Waals surface area contributed by atoms with E-state index in [1.54, 1.807) is 6.92 Å². The van der Waals surface area contributed by atoms with Gasteiger partial charge in [0.25, 0.3) is 5.69 Å². The summed E-state index contributed by atoms with van der Waals surface area (Å²) in [6.45, 7) is 1.75. The number of hydrogen-bond acceptors (Lipinski definition) is 4. The van der Waals surface area contributed by atoms with E-state index in [-0.39, 0.29) is 24.6 Å². The van der Waals surface area contributed by atoms with E-state index >= 15 is 0 Å². The predicted octanol–water partition coefficient (Wildman–Crippen LogP) is 1.97. The number of carboxylic acid groups (broad SMARTS) is 1. The molecular weight excluding hydrogens is 285 g/mol. The van der Waals surface area contributed by atoms with Crippen molar-refractivity contribution in [3.8, 4) is 0 Å². The molecule has 0 fully saturated rings. The zero-order chi connectivity index (χ0) is 16.0. The summed E-state index contributed by atoms with van der Waals surface area (Å²) in [6, 6.07) is 1.99. The lowest BCUT2D eigenvalue weighted by atomic mass is 10.1. The average Bonchev–Trinajstić information content (AvgIpc) is 2.34. The fraction of sp³-hybridized carbons (Fsp3) is 0.333. The van der Waals surface area contributed by atoms with Crippen LogP contribution >= 0.6 is 0 Å². The maximum absolute atomic E-state index is 13.2. The average molecular weight is 299 g/mol. The Kier molecular flexibility index (Phi) is 5.58. The van der Waals surface area contributed by atoms with Crippen LogP contribution in [0.5, 0.6) is 0 Å². The van der Waals surface area contributed by atoms with E-state index in [1.165, 1.54) is 0 Å². The minimum absolute atomic E-state index is 0.0647. The lowest BCUT2D eigenvalue weighted by Crippen LogP contribution is -2.33. The molecule has 114 valence electrons. The summed E-state index contributed by atoms with van der Waals surface area (Å²) >= 11 is 0. The zero-order valence-corrected chi connectivity index (χ0v) is 11.1. The fourth-order valence-electron chi connectivity index (χ4n) is 1.56. The largest absolute Gasteiger partial charge is 0.481 e. The molecule has 0 bridgehead atoms. The molecule has 0 saturated carbocycles. The van der Waals surface area contributed by atoms with Crippen molar-refractivity contribution in [3.63, 3.8) is 0 Å². The van der Waals surface area contributed by atoms with Gasteiger partial charge < -0.3 is 15.7 Å². The van der Waals surface area contributed by atoms with Crippen LogP contribution in [0.25, 0.3) is 0 Å². The highest BCUT2D eigenvalue weighted by atomic mass is 19.1. The molecule has 0 aromatic heterocycles. The van der Waals surface area contributed by atoms with Crippen molar-refractivity contribution in [1.82, 2.24) is 5.32 Å². The Morgan fingerprint density at radius 2 is 2.10 bits per heavy atom. The maximum atomic E-state index is 13.2. The molecule has 0 aliphatic heterocycles.